The van der Waals surface area contributed by atoms with Gasteiger partial charge in [0.1, 0.15) is 28.7 Å². The van der Waals surface area contributed by atoms with Crippen LogP contribution >= 0.6 is 22.9 Å². The Labute approximate surface area is 347 Å². The topological polar surface area (TPSA) is 147 Å². The smallest absolute Gasteiger partial charge is 0.254 e. The van der Waals surface area contributed by atoms with Gasteiger partial charge in [0, 0.05) is 54.2 Å². The lowest BCUT2D eigenvalue weighted by Crippen LogP contribution is -2.48. The van der Waals surface area contributed by atoms with E-state index in [-0.39, 0.29) is 24.1 Å². The van der Waals surface area contributed by atoms with Gasteiger partial charge >= 0.3 is 0 Å². The Bertz CT molecular complexity index is 2410. The number of pyridine rings is 1. The summed E-state index contributed by atoms with van der Waals surface area (Å²) in [6.45, 7) is 10.3. The predicted octanol–water partition coefficient (Wildman–Crippen LogP) is 8.24. The standard InChI is InChI=1S/C44H47ClN10O2S/c1-25-27(3)58-42-38(25)39(50-26(2)40-53-52-28(4)55(40)42)37-12-5-29(22-47-37)17-30-19-44(20-30)13-15-54(16-14-44)43-48-23-32(24-49-43)41(56)51-33-7-10-34(11-8-33)57-35-9-6-31(21-46)36(45)18-35/h5-6,9,12,18,22-24,26,30,33-34H,7-8,10-11,13-17,19-20H2,1-4H3,(H,51,56)/t26-,33?,34?/m0/s1. The first-order valence-corrected chi connectivity index (χ1v) is 21.6. The second-order valence-electron chi connectivity index (χ2n) is 16.7. The fraction of sp³-hybridized carbons (Fsp3) is 0.455. The molecule has 1 aromatic carbocycles. The van der Waals surface area contributed by atoms with Gasteiger partial charge in [0.2, 0.25) is 5.95 Å². The highest BCUT2D eigenvalue weighted by atomic mass is 35.5. The second kappa shape index (κ2) is 15.5. The van der Waals surface area contributed by atoms with E-state index < -0.39 is 0 Å². The summed E-state index contributed by atoms with van der Waals surface area (Å²) in [5.41, 5.74) is 6.79. The zero-order valence-electron chi connectivity index (χ0n) is 33.3. The molecule has 3 fully saturated rings. The van der Waals surface area contributed by atoms with Gasteiger partial charge in [-0.15, -0.1) is 21.5 Å². The number of halogens is 1. The molecule has 1 N–H and O–H groups in total. The molecule has 2 aliphatic carbocycles. The van der Waals surface area contributed by atoms with Crippen LogP contribution in [0.2, 0.25) is 5.02 Å². The number of nitrogens with one attached hydrogen (secondary N) is 1. The summed E-state index contributed by atoms with van der Waals surface area (Å²) in [6.07, 6.45) is 14.4. The maximum absolute atomic E-state index is 13.1. The molecule has 0 unspecified atom stereocenters. The van der Waals surface area contributed by atoms with E-state index >= 15 is 0 Å². The molecule has 2 aliphatic heterocycles. The maximum atomic E-state index is 13.1. The Hall–Kier alpha value is -5.19. The summed E-state index contributed by atoms with van der Waals surface area (Å²) in [5.74, 6) is 3.62. The van der Waals surface area contributed by atoms with Gasteiger partial charge in [0.05, 0.1) is 33.7 Å². The summed E-state index contributed by atoms with van der Waals surface area (Å²) < 4.78 is 8.27. The monoisotopic (exact) mass is 814 g/mol. The van der Waals surface area contributed by atoms with Gasteiger partial charge in [0.25, 0.3) is 5.91 Å². The molecule has 9 rings (SSSR count). The number of ether oxygens (including phenoxy) is 1. The Morgan fingerprint density at radius 1 is 1.02 bits per heavy atom. The van der Waals surface area contributed by atoms with Gasteiger partial charge < -0.3 is 15.0 Å². The normalized spacial score (nSPS) is 21.3. The van der Waals surface area contributed by atoms with Crippen LogP contribution in [-0.2, 0) is 6.42 Å². The Morgan fingerprint density at radius 2 is 1.78 bits per heavy atom. The second-order valence-corrected chi connectivity index (χ2v) is 18.3. The lowest BCUT2D eigenvalue weighted by Gasteiger charge is -2.52. The Kier molecular flexibility index (Phi) is 10.3. The number of nitrogens with zero attached hydrogens (tertiary/aromatic N) is 9. The third kappa shape index (κ3) is 7.37. The lowest BCUT2D eigenvalue weighted by molar-refractivity contribution is 0.0280. The number of hydrogen-bond donors (Lipinski definition) is 1. The van der Waals surface area contributed by atoms with E-state index in [1.165, 1.54) is 28.8 Å². The summed E-state index contributed by atoms with van der Waals surface area (Å²) >= 11 is 7.93. The van der Waals surface area contributed by atoms with Crippen molar-refractivity contribution < 1.29 is 9.53 Å². The van der Waals surface area contributed by atoms with Crippen molar-refractivity contribution in [2.24, 2.45) is 16.3 Å². The number of hydrogen-bond acceptors (Lipinski definition) is 11. The lowest BCUT2D eigenvalue weighted by atomic mass is 9.56. The summed E-state index contributed by atoms with van der Waals surface area (Å²) in [6, 6.07) is 11.5. The van der Waals surface area contributed by atoms with E-state index in [1.54, 1.807) is 41.9 Å². The molecular weight excluding hydrogens is 768 g/mol. The van der Waals surface area contributed by atoms with Gasteiger partial charge in [-0.3, -0.25) is 19.3 Å². The maximum Gasteiger partial charge on any atom is 0.254 e. The third-order valence-electron chi connectivity index (χ3n) is 12.8. The number of aliphatic imine (C=N–C) groups is 1. The zero-order chi connectivity index (χ0) is 40.1. The van der Waals surface area contributed by atoms with Gasteiger partial charge in [-0.25, -0.2) is 9.97 Å². The van der Waals surface area contributed by atoms with E-state index in [0.29, 0.717) is 39.2 Å². The van der Waals surface area contributed by atoms with Crippen LogP contribution in [0.3, 0.4) is 0 Å². The largest absolute Gasteiger partial charge is 0.490 e. The van der Waals surface area contributed by atoms with E-state index in [9.17, 15) is 4.79 Å². The molecule has 1 amide bonds. The zero-order valence-corrected chi connectivity index (χ0v) is 34.9. The molecular formula is C44H47ClN10O2S. The van der Waals surface area contributed by atoms with Gasteiger partial charge in [-0.05, 0) is 126 Å². The molecule has 0 bridgehead atoms. The SMILES string of the molecule is Cc1sc2c(c1C)C(c1ccc(CC3CC4(CCN(c5ncc(C(=O)NC6CCC(Oc7ccc(C#N)c(Cl)c7)CC6)cn5)CC4)C3)cn1)=N[C@@H](C)c1nnc(C)n1-2. The number of aromatic nitrogens is 6. The van der Waals surface area contributed by atoms with Crippen LogP contribution in [0.1, 0.15) is 119 Å². The van der Waals surface area contributed by atoms with E-state index in [0.717, 1.165) is 91.7 Å². The molecule has 4 aliphatic rings. The van der Waals surface area contributed by atoms with Crippen molar-refractivity contribution >= 4 is 40.5 Å². The van der Waals surface area contributed by atoms with Crippen molar-refractivity contribution in [3.63, 3.8) is 0 Å². The molecule has 12 nitrogen and oxygen atoms in total. The highest BCUT2D eigenvalue weighted by molar-refractivity contribution is 7.15. The van der Waals surface area contributed by atoms with E-state index in [1.807, 2.05) is 6.92 Å². The fourth-order valence-electron chi connectivity index (χ4n) is 9.42. The van der Waals surface area contributed by atoms with Crippen LogP contribution in [0.25, 0.3) is 5.00 Å². The molecule has 298 valence electrons. The molecule has 6 heterocycles. The van der Waals surface area contributed by atoms with Crippen molar-refractivity contribution in [3.8, 4) is 16.8 Å². The quantitative estimate of drug-likeness (QED) is 0.164. The highest BCUT2D eigenvalue weighted by Crippen LogP contribution is 2.53. The molecule has 14 heteroatoms. The average Bonchev–Trinajstić information content (AvgIpc) is 3.71. The fourth-order valence-corrected chi connectivity index (χ4v) is 10.8. The molecule has 5 aromatic rings. The number of rotatable bonds is 8. The summed E-state index contributed by atoms with van der Waals surface area (Å²) in [5, 5.41) is 22.6. The first-order chi connectivity index (χ1) is 28.1. The molecule has 58 heavy (non-hydrogen) atoms. The molecule has 1 atom stereocenters. The van der Waals surface area contributed by atoms with Crippen LogP contribution in [-0.4, -0.2) is 66.6 Å². The number of benzene rings is 1. The molecule has 0 radical (unpaired) electrons. The van der Waals surface area contributed by atoms with Gasteiger partial charge in [-0.1, -0.05) is 17.7 Å². The molecule has 2 saturated carbocycles. The Morgan fingerprint density at radius 3 is 2.47 bits per heavy atom. The summed E-state index contributed by atoms with van der Waals surface area (Å²) in [4.78, 5) is 36.0. The number of piperidine rings is 1. The highest BCUT2D eigenvalue weighted by Gasteiger charge is 2.46. The minimum atomic E-state index is -0.145. The minimum Gasteiger partial charge on any atom is -0.490 e. The number of anilines is 1. The van der Waals surface area contributed by atoms with E-state index in [2.05, 4.69) is 80.1 Å². The first kappa shape index (κ1) is 38.3. The van der Waals surface area contributed by atoms with Crippen LogP contribution in [0.5, 0.6) is 5.75 Å². The summed E-state index contributed by atoms with van der Waals surface area (Å²) in [7, 11) is 0. The van der Waals surface area contributed by atoms with Crippen molar-refractivity contribution in [2.75, 3.05) is 18.0 Å². The van der Waals surface area contributed by atoms with Crippen molar-refractivity contribution in [1.82, 2.24) is 35.0 Å². The van der Waals surface area contributed by atoms with Crippen molar-refractivity contribution in [2.45, 2.75) is 104 Å². The molecule has 4 aromatic heterocycles. The minimum absolute atomic E-state index is 0.0435. The average molecular weight is 815 g/mol. The van der Waals surface area contributed by atoms with E-state index in [4.69, 9.17) is 31.6 Å². The predicted molar refractivity (Wildman–Crippen MR) is 224 cm³/mol. The van der Waals surface area contributed by atoms with Crippen LogP contribution in [0, 0.1) is 43.4 Å². The number of carbonyl (C=O) groups is 1. The van der Waals surface area contributed by atoms with Gasteiger partial charge in [0.15, 0.2) is 5.82 Å². The molecule has 1 spiro atoms. The number of nitriles is 1. The van der Waals surface area contributed by atoms with Crippen LogP contribution < -0.4 is 15.0 Å². The van der Waals surface area contributed by atoms with Crippen LogP contribution in [0.15, 0.2) is 53.9 Å². The van der Waals surface area contributed by atoms with Gasteiger partial charge in [-0.2, -0.15) is 5.26 Å². The Balaban J connectivity index is 0.738. The third-order valence-corrected chi connectivity index (χ3v) is 14.3. The number of fused-ring (bicyclic) bond motifs is 3. The molecule has 1 saturated heterocycles. The number of amides is 1. The van der Waals surface area contributed by atoms with Crippen molar-refractivity contribution in [1.29, 1.82) is 5.26 Å². The number of aryl methyl sites for hydroxylation is 2. The number of carbonyl (C=O) groups excluding carboxylic acids is 1. The van der Waals surface area contributed by atoms with Crippen molar-refractivity contribution in [3.05, 3.63) is 104 Å². The first-order valence-electron chi connectivity index (χ1n) is 20.4. The number of thiophene rings is 1. The van der Waals surface area contributed by atoms with Crippen LogP contribution in [0.4, 0.5) is 5.95 Å².